The van der Waals surface area contributed by atoms with Gasteiger partial charge >= 0.3 is 0 Å². The Labute approximate surface area is 72.6 Å². The van der Waals surface area contributed by atoms with E-state index in [9.17, 15) is 0 Å². The van der Waals surface area contributed by atoms with Crippen LogP contribution in [0.2, 0.25) is 0 Å². The second-order valence-corrected chi connectivity index (χ2v) is 5.08. The van der Waals surface area contributed by atoms with Gasteiger partial charge in [0.05, 0.1) is 1.28 Å². The van der Waals surface area contributed by atoms with Gasteiger partial charge in [-0.2, -0.15) is 11.8 Å². The van der Waals surface area contributed by atoms with E-state index >= 15 is 0 Å². The summed E-state index contributed by atoms with van der Waals surface area (Å²) in [6.45, 7) is 4.39. The third-order valence-electron chi connectivity index (χ3n) is 1.21. The van der Waals surface area contributed by atoms with Crippen molar-refractivity contribution >= 4 is 20.3 Å². The molecule has 0 aromatic rings. The summed E-state index contributed by atoms with van der Waals surface area (Å²) in [5, 5.41) is 0. The second-order valence-electron chi connectivity index (χ2n) is 2.34. The lowest BCUT2D eigenvalue weighted by atomic mass is 10.4. The molecule has 0 aliphatic heterocycles. The molecule has 0 saturated carbocycles. The van der Waals surface area contributed by atoms with Crippen molar-refractivity contribution in [3.8, 4) is 0 Å². The first-order valence-corrected chi connectivity index (χ1v) is 6.54. The summed E-state index contributed by atoms with van der Waals surface area (Å²) in [6, 6.07) is 0. The predicted molar refractivity (Wildman–Crippen MR) is 55.7 cm³/mol. The van der Waals surface area contributed by atoms with Crippen LogP contribution in [0.4, 0.5) is 0 Å². The highest BCUT2D eigenvalue weighted by molar-refractivity contribution is 8.03. The van der Waals surface area contributed by atoms with E-state index < -0.39 is 0 Å². The van der Waals surface area contributed by atoms with Crippen LogP contribution in [0.15, 0.2) is 0 Å². The predicted octanol–water partition coefficient (Wildman–Crippen LogP) is 3.57. The number of unbranched alkanes of at least 4 members (excludes halogenated alkanes) is 1. The molecule has 0 aliphatic carbocycles. The molecular weight excluding hydrogens is 159 g/mol. The zero-order valence-corrected chi connectivity index (χ0v) is 8.81. The van der Waals surface area contributed by atoms with E-state index in [2.05, 4.69) is 13.8 Å². The molecule has 1 atom stereocenters. The summed E-state index contributed by atoms with van der Waals surface area (Å²) in [7, 11) is -0.384. The lowest BCUT2D eigenvalue weighted by Crippen LogP contribution is -1.78. The molecule has 1 unspecified atom stereocenters. The Balaban J connectivity index is 2.97. The first-order chi connectivity index (χ1) is 5.31. The fraction of sp³-hybridized carbons (Fsp3) is 1.00. The van der Waals surface area contributed by atoms with Gasteiger partial charge in [0, 0.05) is 5.49 Å². The van der Waals surface area contributed by atoms with Crippen molar-refractivity contribution in [2.24, 2.45) is 0 Å². The molecule has 62 valence electrons. The summed E-state index contributed by atoms with van der Waals surface area (Å²) in [6.07, 6.45) is 4.93. The maximum absolute atomic E-state index is 7.65. The molecule has 0 radical (unpaired) electrons. The van der Waals surface area contributed by atoms with Gasteiger partial charge in [0.15, 0.2) is 0 Å². The minimum absolute atomic E-state index is 0.384. The minimum Gasteiger partial charge on any atom is -0.158 e. The van der Waals surface area contributed by atoms with E-state index in [1.807, 2.05) is 11.8 Å². The van der Waals surface area contributed by atoms with Crippen LogP contribution in [0, 0.1) is 0 Å². The summed E-state index contributed by atoms with van der Waals surface area (Å²) in [4.78, 5) is 0. The van der Waals surface area contributed by atoms with Crippen molar-refractivity contribution in [2.75, 3.05) is 17.4 Å². The third-order valence-corrected chi connectivity index (χ3v) is 4.01. The summed E-state index contributed by atoms with van der Waals surface area (Å²) < 4.78 is 7.65. The van der Waals surface area contributed by atoms with Crippen LogP contribution in [-0.4, -0.2) is 18.7 Å². The van der Waals surface area contributed by atoms with Crippen LogP contribution >= 0.6 is 20.3 Å². The molecule has 0 amide bonds. The highest BCUT2D eigenvalue weighted by Gasteiger charge is 1.87. The molecule has 0 rings (SSSR count). The molecule has 0 aliphatic rings. The van der Waals surface area contributed by atoms with E-state index in [1.165, 1.54) is 25.0 Å². The van der Waals surface area contributed by atoms with Crippen molar-refractivity contribution in [3.05, 3.63) is 0 Å². The van der Waals surface area contributed by atoms with E-state index in [0.717, 1.165) is 11.7 Å². The lowest BCUT2D eigenvalue weighted by Gasteiger charge is -1.98. The maximum atomic E-state index is 7.65. The van der Waals surface area contributed by atoms with Crippen LogP contribution in [0.5, 0.6) is 0 Å². The van der Waals surface area contributed by atoms with Gasteiger partial charge in [0.1, 0.15) is 0 Å². The first kappa shape index (κ1) is 8.87. The van der Waals surface area contributed by atoms with Crippen LogP contribution in [0.1, 0.15) is 33.1 Å². The Hall–Kier alpha value is 0.780. The standard InChI is InChI=1S/C8H19PS/c1-3-5-7-10-8-9-6-4-2/h9H,3-8H2,1-2H3/i9D. The molecule has 0 aromatic carbocycles. The van der Waals surface area contributed by atoms with Gasteiger partial charge in [0.25, 0.3) is 0 Å². The van der Waals surface area contributed by atoms with Gasteiger partial charge in [0.2, 0.25) is 0 Å². The number of hydrogen-bond acceptors (Lipinski definition) is 1. The van der Waals surface area contributed by atoms with Gasteiger partial charge in [-0.25, -0.2) is 0 Å². The molecule has 2 heteroatoms. The van der Waals surface area contributed by atoms with Crippen LogP contribution < -0.4 is 0 Å². The van der Waals surface area contributed by atoms with E-state index in [4.69, 9.17) is 1.28 Å². The Kier molecular flexibility index (Phi) is 8.68. The summed E-state index contributed by atoms with van der Waals surface area (Å²) >= 11 is 1.97. The lowest BCUT2D eigenvalue weighted by molar-refractivity contribution is 0.897. The Bertz CT molecular complexity index is 80.5. The molecule has 10 heavy (non-hydrogen) atoms. The monoisotopic (exact) mass is 179 g/mol. The Morgan fingerprint density at radius 2 is 2.20 bits per heavy atom. The van der Waals surface area contributed by atoms with Crippen molar-refractivity contribution < 1.29 is 0 Å². The van der Waals surface area contributed by atoms with Crippen molar-refractivity contribution in [1.82, 2.24) is 0 Å². The van der Waals surface area contributed by atoms with Crippen molar-refractivity contribution in [3.63, 3.8) is 0 Å². The quantitative estimate of drug-likeness (QED) is 0.425. The zero-order valence-electron chi connectivity index (χ0n) is 8.10. The normalized spacial score (nSPS) is 14.8. The van der Waals surface area contributed by atoms with Crippen LogP contribution in [-0.2, 0) is 0 Å². The van der Waals surface area contributed by atoms with Gasteiger partial charge in [-0.1, -0.05) is 26.7 Å². The first-order valence-electron chi connectivity index (χ1n) is 4.57. The Morgan fingerprint density at radius 1 is 1.40 bits per heavy atom. The van der Waals surface area contributed by atoms with E-state index in [0.29, 0.717) is 0 Å². The topological polar surface area (TPSA) is 0 Å². The fourth-order valence-electron chi connectivity index (χ4n) is 0.598. The van der Waals surface area contributed by atoms with Crippen molar-refractivity contribution in [2.45, 2.75) is 33.1 Å². The fourth-order valence-corrected chi connectivity index (χ4v) is 2.96. The van der Waals surface area contributed by atoms with Gasteiger partial charge in [-0.15, -0.1) is 8.53 Å². The minimum atomic E-state index is -0.384. The number of hydrogen-bond donors (Lipinski definition) is 0. The van der Waals surface area contributed by atoms with Crippen LogP contribution in [0.3, 0.4) is 0 Å². The summed E-state index contributed by atoms with van der Waals surface area (Å²) in [5.74, 6) is 1.26. The highest BCUT2D eigenvalue weighted by Crippen LogP contribution is 2.19. The Morgan fingerprint density at radius 3 is 2.80 bits per heavy atom. The molecule has 0 nitrogen and oxygen atoms in total. The summed E-state index contributed by atoms with van der Waals surface area (Å²) in [5.41, 5.74) is 1.10. The molecule has 0 fully saturated rings. The zero-order chi connectivity index (χ0) is 8.53. The highest BCUT2D eigenvalue weighted by atomic mass is 32.2. The van der Waals surface area contributed by atoms with Gasteiger partial charge < -0.3 is 0 Å². The SMILES string of the molecule is [2H]P(CCC)CSCCCC. The molecule has 0 aromatic heterocycles. The van der Waals surface area contributed by atoms with Crippen LogP contribution in [0.25, 0.3) is 0 Å². The average molecular weight is 179 g/mol. The molecule has 0 saturated heterocycles. The molecule has 0 heterocycles. The smallest absolute Gasteiger partial charge is 0.0588 e. The average Bonchev–Trinajstić information content (AvgIpc) is 1.99. The second kappa shape index (κ2) is 9.78. The van der Waals surface area contributed by atoms with E-state index in [-0.39, 0.29) is 8.53 Å². The van der Waals surface area contributed by atoms with Gasteiger partial charge in [-0.05, 0) is 18.3 Å². The molecule has 0 spiro atoms. The largest absolute Gasteiger partial charge is 0.158 e. The van der Waals surface area contributed by atoms with Crippen molar-refractivity contribution in [1.29, 1.82) is 1.28 Å². The molecule has 0 bridgehead atoms. The van der Waals surface area contributed by atoms with E-state index in [1.54, 1.807) is 0 Å². The third kappa shape index (κ3) is 8.78. The van der Waals surface area contributed by atoms with Gasteiger partial charge in [-0.3, -0.25) is 0 Å². The number of rotatable bonds is 7. The number of thioether (sulfide) groups is 1. The maximum Gasteiger partial charge on any atom is 0.0588 e. The molecule has 0 N–H and O–H groups in total. The molecular formula is C8H19PS.